The molecule has 1 aliphatic rings. The van der Waals surface area contributed by atoms with E-state index in [-0.39, 0.29) is 22.8 Å². The quantitative estimate of drug-likeness (QED) is 0.823. The highest BCUT2D eigenvalue weighted by atomic mass is 32.2. The second-order valence-corrected chi connectivity index (χ2v) is 8.30. The fourth-order valence-electron chi connectivity index (χ4n) is 2.89. The molecule has 1 heterocycles. The second kappa shape index (κ2) is 8.05. The maximum atomic E-state index is 12.8. The molecule has 2 rings (SSSR count). The van der Waals surface area contributed by atoms with Crippen LogP contribution in [0.2, 0.25) is 0 Å². The number of piperidine rings is 1. The molecule has 0 atom stereocenters. The number of nitrogens with zero attached hydrogens (tertiary/aromatic N) is 1. The number of sulfonamides is 1. The van der Waals surface area contributed by atoms with Crippen LogP contribution in [0.1, 0.15) is 26.7 Å². The van der Waals surface area contributed by atoms with E-state index >= 15 is 0 Å². The third kappa shape index (κ3) is 4.43. The molecule has 1 saturated heterocycles. The van der Waals surface area contributed by atoms with E-state index in [0.29, 0.717) is 37.4 Å². The lowest BCUT2D eigenvalue weighted by Gasteiger charge is -2.31. The standard InChI is InChI=1S/C17H26N2O5S/c1-12(2)18-17(20)13-7-9-19(10-8-13)25(21,22)14-5-6-15(23-3)16(11-14)24-4/h5-6,11-13H,7-10H2,1-4H3,(H,18,20). The van der Waals surface area contributed by atoms with Gasteiger partial charge in [0.25, 0.3) is 0 Å². The highest BCUT2D eigenvalue weighted by Crippen LogP contribution is 2.31. The number of ether oxygens (including phenoxy) is 2. The Kier molecular flexibility index (Phi) is 6.29. The minimum Gasteiger partial charge on any atom is -0.493 e. The molecule has 0 radical (unpaired) electrons. The number of methoxy groups -OCH3 is 2. The molecule has 1 aromatic rings. The van der Waals surface area contributed by atoms with Crippen molar-refractivity contribution < 1.29 is 22.7 Å². The van der Waals surface area contributed by atoms with Gasteiger partial charge in [-0.05, 0) is 38.8 Å². The van der Waals surface area contributed by atoms with Gasteiger partial charge in [-0.3, -0.25) is 4.79 Å². The SMILES string of the molecule is COc1ccc(S(=O)(=O)N2CCC(C(=O)NC(C)C)CC2)cc1OC. The molecule has 1 aromatic carbocycles. The molecular formula is C17H26N2O5S. The number of benzene rings is 1. The molecule has 0 spiro atoms. The highest BCUT2D eigenvalue weighted by molar-refractivity contribution is 7.89. The van der Waals surface area contributed by atoms with Crippen molar-refractivity contribution in [2.75, 3.05) is 27.3 Å². The van der Waals surface area contributed by atoms with Gasteiger partial charge in [0, 0.05) is 31.1 Å². The van der Waals surface area contributed by atoms with Gasteiger partial charge in [-0.1, -0.05) is 0 Å². The van der Waals surface area contributed by atoms with Crippen molar-refractivity contribution in [2.45, 2.75) is 37.6 Å². The van der Waals surface area contributed by atoms with Gasteiger partial charge in [0.2, 0.25) is 15.9 Å². The van der Waals surface area contributed by atoms with Gasteiger partial charge in [0.15, 0.2) is 11.5 Å². The summed E-state index contributed by atoms with van der Waals surface area (Å²) in [6, 6.07) is 4.63. The summed E-state index contributed by atoms with van der Waals surface area (Å²) in [5.74, 6) is 0.706. The van der Waals surface area contributed by atoms with Gasteiger partial charge >= 0.3 is 0 Å². The van der Waals surface area contributed by atoms with E-state index in [0.717, 1.165) is 0 Å². The maximum absolute atomic E-state index is 12.8. The molecule has 0 aromatic heterocycles. The normalized spacial score (nSPS) is 16.7. The van der Waals surface area contributed by atoms with Gasteiger partial charge in [0.1, 0.15) is 0 Å². The van der Waals surface area contributed by atoms with E-state index in [2.05, 4.69) is 5.32 Å². The van der Waals surface area contributed by atoms with Crippen LogP contribution < -0.4 is 14.8 Å². The number of nitrogens with one attached hydrogen (secondary N) is 1. The summed E-state index contributed by atoms with van der Waals surface area (Å²) in [7, 11) is -0.661. The Morgan fingerprint density at radius 1 is 1.16 bits per heavy atom. The molecule has 1 amide bonds. The monoisotopic (exact) mass is 370 g/mol. The summed E-state index contributed by atoms with van der Waals surface area (Å²) < 4.78 is 37.4. The number of hydrogen-bond acceptors (Lipinski definition) is 5. The fraction of sp³-hybridized carbons (Fsp3) is 0.588. The van der Waals surface area contributed by atoms with E-state index in [1.165, 1.54) is 30.7 Å². The molecule has 8 heteroatoms. The third-order valence-corrected chi connectivity index (χ3v) is 6.14. The number of carbonyl (C=O) groups excluding carboxylic acids is 1. The molecule has 0 saturated carbocycles. The lowest BCUT2D eigenvalue weighted by atomic mass is 9.97. The number of carbonyl (C=O) groups is 1. The molecule has 1 aliphatic heterocycles. The Hall–Kier alpha value is -1.80. The summed E-state index contributed by atoms with van der Waals surface area (Å²) in [5, 5.41) is 2.89. The molecule has 7 nitrogen and oxygen atoms in total. The number of hydrogen-bond donors (Lipinski definition) is 1. The average Bonchev–Trinajstić information content (AvgIpc) is 2.60. The predicted octanol–water partition coefficient (Wildman–Crippen LogP) is 1.63. The molecule has 25 heavy (non-hydrogen) atoms. The van der Waals surface area contributed by atoms with Crippen molar-refractivity contribution in [1.82, 2.24) is 9.62 Å². The van der Waals surface area contributed by atoms with Crippen LogP contribution in [-0.2, 0) is 14.8 Å². The van der Waals surface area contributed by atoms with E-state index in [4.69, 9.17) is 9.47 Å². The van der Waals surface area contributed by atoms with E-state index < -0.39 is 10.0 Å². The lowest BCUT2D eigenvalue weighted by Crippen LogP contribution is -2.44. The topological polar surface area (TPSA) is 84.9 Å². The zero-order valence-corrected chi connectivity index (χ0v) is 15.9. The molecular weight excluding hydrogens is 344 g/mol. The minimum absolute atomic E-state index is 0.00170. The van der Waals surface area contributed by atoms with Crippen LogP contribution in [0.3, 0.4) is 0 Å². The van der Waals surface area contributed by atoms with Crippen LogP contribution in [0.5, 0.6) is 11.5 Å². The second-order valence-electron chi connectivity index (χ2n) is 6.36. The molecule has 1 fully saturated rings. The van der Waals surface area contributed by atoms with Crippen LogP contribution >= 0.6 is 0 Å². The molecule has 1 N–H and O–H groups in total. The molecule has 140 valence electrons. The van der Waals surface area contributed by atoms with Crippen LogP contribution in [0.15, 0.2) is 23.1 Å². The summed E-state index contributed by atoms with van der Waals surface area (Å²) in [5.41, 5.74) is 0. The summed E-state index contributed by atoms with van der Waals surface area (Å²) in [4.78, 5) is 12.2. The van der Waals surface area contributed by atoms with Crippen molar-refractivity contribution in [3.05, 3.63) is 18.2 Å². The van der Waals surface area contributed by atoms with Crippen molar-refractivity contribution in [3.63, 3.8) is 0 Å². The van der Waals surface area contributed by atoms with Gasteiger partial charge in [0.05, 0.1) is 19.1 Å². The van der Waals surface area contributed by atoms with Crippen LogP contribution in [0, 0.1) is 5.92 Å². The summed E-state index contributed by atoms with van der Waals surface area (Å²) >= 11 is 0. The first-order chi connectivity index (χ1) is 11.8. The Labute approximate surface area is 149 Å². The smallest absolute Gasteiger partial charge is 0.243 e. The van der Waals surface area contributed by atoms with Gasteiger partial charge in [-0.25, -0.2) is 8.42 Å². The van der Waals surface area contributed by atoms with Crippen molar-refractivity contribution >= 4 is 15.9 Å². The van der Waals surface area contributed by atoms with Gasteiger partial charge < -0.3 is 14.8 Å². The first kappa shape index (κ1) is 19.5. The number of amides is 1. The van der Waals surface area contributed by atoms with Crippen molar-refractivity contribution in [3.8, 4) is 11.5 Å². The lowest BCUT2D eigenvalue weighted by molar-refractivity contribution is -0.126. The number of rotatable bonds is 6. The Balaban J connectivity index is 2.10. The molecule has 0 unspecified atom stereocenters. The van der Waals surface area contributed by atoms with Crippen LogP contribution in [0.25, 0.3) is 0 Å². The minimum atomic E-state index is -3.63. The largest absolute Gasteiger partial charge is 0.493 e. The summed E-state index contributed by atoms with van der Waals surface area (Å²) in [6.45, 7) is 4.48. The zero-order valence-electron chi connectivity index (χ0n) is 15.1. The van der Waals surface area contributed by atoms with Crippen molar-refractivity contribution in [2.24, 2.45) is 5.92 Å². The summed E-state index contributed by atoms with van der Waals surface area (Å²) in [6.07, 6.45) is 1.04. The van der Waals surface area contributed by atoms with Gasteiger partial charge in [-0.15, -0.1) is 0 Å². The van der Waals surface area contributed by atoms with Crippen LogP contribution in [0.4, 0.5) is 0 Å². The van der Waals surface area contributed by atoms with Gasteiger partial charge in [-0.2, -0.15) is 4.31 Å². The predicted molar refractivity (Wildman–Crippen MR) is 94.3 cm³/mol. The van der Waals surface area contributed by atoms with E-state index in [1.54, 1.807) is 6.07 Å². The first-order valence-electron chi connectivity index (χ1n) is 8.32. The highest BCUT2D eigenvalue weighted by Gasteiger charge is 2.32. The first-order valence-corrected chi connectivity index (χ1v) is 9.76. The Morgan fingerprint density at radius 2 is 1.76 bits per heavy atom. The molecule has 0 aliphatic carbocycles. The van der Waals surface area contributed by atoms with E-state index in [9.17, 15) is 13.2 Å². The Bertz CT molecular complexity index is 710. The van der Waals surface area contributed by atoms with E-state index in [1.807, 2.05) is 13.8 Å². The zero-order chi connectivity index (χ0) is 18.6. The molecule has 0 bridgehead atoms. The Morgan fingerprint density at radius 3 is 2.28 bits per heavy atom. The third-order valence-electron chi connectivity index (χ3n) is 4.25. The maximum Gasteiger partial charge on any atom is 0.243 e. The van der Waals surface area contributed by atoms with Crippen molar-refractivity contribution in [1.29, 1.82) is 0 Å². The fourth-order valence-corrected chi connectivity index (χ4v) is 4.37. The average molecular weight is 370 g/mol. The van der Waals surface area contributed by atoms with Crippen LogP contribution in [-0.4, -0.2) is 52.0 Å².